The summed E-state index contributed by atoms with van der Waals surface area (Å²) in [4.78, 5) is 21.6. The van der Waals surface area contributed by atoms with Crippen LogP contribution >= 0.6 is 0 Å². The minimum Gasteiger partial charge on any atom is -0.478 e. The van der Waals surface area contributed by atoms with Crippen molar-refractivity contribution in [3.05, 3.63) is 34.4 Å². The maximum absolute atomic E-state index is 10.8. The van der Waals surface area contributed by atoms with Crippen LogP contribution in [0, 0.1) is 13.8 Å². The number of benzene rings is 1. The molecule has 0 saturated heterocycles. The number of carboxylic acids is 2. The van der Waals surface area contributed by atoms with Crippen molar-refractivity contribution in [2.24, 2.45) is 0 Å². The summed E-state index contributed by atoms with van der Waals surface area (Å²) in [6.45, 7) is 3.31. The van der Waals surface area contributed by atoms with Crippen LogP contribution in [0.5, 0.6) is 0 Å². The first-order chi connectivity index (χ1) is 6.43. The fourth-order valence-corrected chi connectivity index (χ4v) is 1.42. The van der Waals surface area contributed by atoms with Crippen LogP contribution in [0.1, 0.15) is 31.8 Å². The fourth-order valence-electron chi connectivity index (χ4n) is 1.42. The van der Waals surface area contributed by atoms with E-state index in [9.17, 15) is 9.59 Å². The maximum atomic E-state index is 10.8. The first-order valence-electron chi connectivity index (χ1n) is 4.01. The first-order valence-corrected chi connectivity index (χ1v) is 4.01. The second kappa shape index (κ2) is 5.30. The van der Waals surface area contributed by atoms with Gasteiger partial charge < -0.3 is 10.2 Å². The van der Waals surface area contributed by atoms with Gasteiger partial charge in [-0.15, -0.1) is 0 Å². The molecule has 0 aliphatic rings. The van der Waals surface area contributed by atoms with E-state index in [-0.39, 0.29) is 40.7 Å². The third-order valence-electron chi connectivity index (χ3n) is 1.92. The predicted octanol–water partition coefficient (Wildman–Crippen LogP) is 1.32. The van der Waals surface area contributed by atoms with E-state index in [0.717, 1.165) is 5.56 Å². The van der Waals surface area contributed by atoms with E-state index in [1.54, 1.807) is 19.9 Å². The van der Waals surface area contributed by atoms with Gasteiger partial charge in [-0.25, -0.2) is 9.59 Å². The van der Waals surface area contributed by atoms with Gasteiger partial charge in [0.25, 0.3) is 0 Å². The molecule has 0 spiro atoms. The Hall–Kier alpha value is -0.840. The van der Waals surface area contributed by atoms with Crippen molar-refractivity contribution in [2.75, 3.05) is 0 Å². The van der Waals surface area contributed by atoms with Crippen molar-refractivity contribution in [2.45, 2.75) is 13.8 Å². The maximum Gasteiger partial charge on any atom is 0.336 e. The summed E-state index contributed by atoms with van der Waals surface area (Å²) < 4.78 is 0. The number of aryl methyl sites for hydroxylation is 2. The third-order valence-corrected chi connectivity index (χ3v) is 1.92. The minimum atomic E-state index is -1.21. The van der Waals surface area contributed by atoms with E-state index in [4.69, 9.17) is 10.2 Å². The zero-order valence-corrected chi connectivity index (χ0v) is 10.9. The molecule has 0 bridgehead atoms. The average Bonchev–Trinajstić information content (AvgIpc) is 2.01. The largest absolute Gasteiger partial charge is 0.478 e. The van der Waals surface area contributed by atoms with Gasteiger partial charge in [-0.05, 0) is 31.0 Å². The second-order valence-electron chi connectivity index (χ2n) is 3.11. The molecule has 0 saturated carbocycles. The molecular weight excluding hydrogens is 207 g/mol. The van der Waals surface area contributed by atoms with E-state index in [1.807, 2.05) is 0 Å². The second-order valence-corrected chi connectivity index (χ2v) is 3.11. The minimum absolute atomic E-state index is 0. The monoisotopic (exact) mass is 217 g/mol. The molecule has 15 heavy (non-hydrogen) atoms. The average molecular weight is 217 g/mol. The zero-order chi connectivity index (χ0) is 10.9. The molecule has 0 aromatic heterocycles. The normalized spacial score (nSPS) is 9.20. The van der Waals surface area contributed by atoms with Gasteiger partial charge in [0, 0.05) is 29.6 Å². The summed E-state index contributed by atoms with van der Waals surface area (Å²) in [5, 5.41) is 17.6. The molecule has 1 radical (unpaired) electrons. The number of rotatable bonds is 2. The topological polar surface area (TPSA) is 74.6 Å². The molecule has 0 atom stereocenters. The van der Waals surface area contributed by atoms with Crippen LogP contribution in [0.2, 0.25) is 0 Å². The Labute approximate surface area is 109 Å². The van der Waals surface area contributed by atoms with Gasteiger partial charge in [-0.3, -0.25) is 0 Å². The summed E-state index contributed by atoms with van der Waals surface area (Å²) in [5.41, 5.74) is 0.915. The van der Waals surface area contributed by atoms with Crippen molar-refractivity contribution in [1.29, 1.82) is 0 Å². The Kier molecular flexibility index (Phi) is 5.00. The molecule has 4 nitrogen and oxygen atoms in total. The number of hydrogen-bond acceptors (Lipinski definition) is 2. The van der Waals surface area contributed by atoms with Gasteiger partial charge in [0.15, 0.2) is 0 Å². The molecule has 0 fully saturated rings. The van der Waals surface area contributed by atoms with E-state index in [2.05, 4.69) is 0 Å². The molecule has 1 aromatic carbocycles. The fraction of sp³-hybridized carbons (Fsp3) is 0.200. The van der Waals surface area contributed by atoms with Crippen molar-refractivity contribution >= 4 is 41.5 Å². The number of hydrogen-bond donors (Lipinski definition) is 2. The van der Waals surface area contributed by atoms with Gasteiger partial charge >= 0.3 is 11.9 Å². The summed E-state index contributed by atoms with van der Waals surface area (Å²) >= 11 is 0. The molecule has 0 unspecified atom stereocenters. The standard InChI is InChI=1S/C10H10O4.Na/c1-5-3-6(2)8(10(13)14)7(4-5)9(11)12;/h3-4H,1-2H3,(H,11,12)(H,13,14);. The van der Waals surface area contributed by atoms with Crippen LogP contribution < -0.4 is 0 Å². The Morgan fingerprint density at radius 2 is 1.60 bits per heavy atom. The molecule has 75 valence electrons. The van der Waals surface area contributed by atoms with Crippen molar-refractivity contribution in [3.8, 4) is 0 Å². The molecule has 0 heterocycles. The quantitative estimate of drug-likeness (QED) is 0.732. The van der Waals surface area contributed by atoms with Crippen molar-refractivity contribution in [1.82, 2.24) is 0 Å². The third kappa shape index (κ3) is 3.06. The van der Waals surface area contributed by atoms with Crippen LogP contribution in [0.15, 0.2) is 12.1 Å². The summed E-state index contributed by atoms with van der Waals surface area (Å²) in [6, 6.07) is 3.01. The summed E-state index contributed by atoms with van der Waals surface area (Å²) in [6.07, 6.45) is 0. The van der Waals surface area contributed by atoms with Crippen molar-refractivity contribution < 1.29 is 19.8 Å². The molecule has 5 heteroatoms. The van der Waals surface area contributed by atoms with Gasteiger partial charge in [0.05, 0.1) is 11.1 Å². The Bertz CT molecular complexity index is 412. The molecule has 0 aliphatic carbocycles. The van der Waals surface area contributed by atoms with Gasteiger partial charge in [-0.1, -0.05) is 6.07 Å². The molecule has 1 rings (SSSR count). The van der Waals surface area contributed by atoms with Crippen LogP contribution in [0.4, 0.5) is 0 Å². The molecular formula is C10H10NaO4. The van der Waals surface area contributed by atoms with E-state index < -0.39 is 11.9 Å². The molecule has 2 N–H and O–H groups in total. The molecule has 0 aliphatic heterocycles. The van der Waals surface area contributed by atoms with E-state index in [0.29, 0.717) is 5.56 Å². The Morgan fingerprint density at radius 3 is 2.00 bits per heavy atom. The smallest absolute Gasteiger partial charge is 0.336 e. The number of carbonyl (C=O) groups is 2. The Morgan fingerprint density at radius 1 is 1.07 bits per heavy atom. The first kappa shape index (κ1) is 14.2. The molecule has 1 aromatic rings. The van der Waals surface area contributed by atoms with Crippen LogP contribution in [0.3, 0.4) is 0 Å². The van der Waals surface area contributed by atoms with Crippen LogP contribution in [0.25, 0.3) is 0 Å². The van der Waals surface area contributed by atoms with E-state index in [1.165, 1.54) is 6.07 Å². The Balaban J connectivity index is 0.00000196. The van der Waals surface area contributed by atoms with E-state index >= 15 is 0 Å². The van der Waals surface area contributed by atoms with Crippen molar-refractivity contribution in [3.63, 3.8) is 0 Å². The SMILES string of the molecule is Cc1cc(C)c(C(=O)O)c(C(=O)O)c1.[Na]. The molecule has 0 amide bonds. The predicted molar refractivity (Wildman–Crippen MR) is 55.6 cm³/mol. The van der Waals surface area contributed by atoms with Crippen LogP contribution in [-0.4, -0.2) is 51.7 Å². The van der Waals surface area contributed by atoms with Gasteiger partial charge in [-0.2, -0.15) is 0 Å². The van der Waals surface area contributed by atoms with Gasteiger partial charge in [0.1, 0.15) is 0 Å². The summed E-state index contributed by atoms with van der Waals surface area (Å²) in [7, 11) is 0. The summed E-state index contributed by atoms with van der Waals surface area (Å²) in [5.74, 6) is -2.42. The van der Waals surface area contributed by atoms with Crippen LogP contribution in [-0.2, 0) is 0 Å². The number of carboxylic acid groups (broad SMARTS) is 2. The zero-order valence-electron chi connectivity index (χ0n) is 8.87. The van der Waals surface area contributed by atoms with Gasteiger partial charge in [0.2, 0.25) is 0 Å². The number of aromatic carboxylic acids is 2.